The van der Waals surface area contributed by atoms with Gasteiger partial charge in [0, 0.05) is 96.9 Å². The Bertz CT molecular complexity index is 1390. The lowest BCUT2D eigenvalue weighted by atomic mass is 9.91. The number of hydrogen-bond donors (Lipinski definition) is 0. The molecule has 1 aliphatic carbocycles. The van der Waals surface area contributed by atoms with Crippen LogP contribution in [0, 0.1) is 0 Å². The normalized spacial score (nSPS) is 20.5. The Labute approximate surface area is 248 Å². The van der Waals surface area contributed by atoms with E-state index in [-0.39, 0.29) is 0 Å². The van der Waals surface area contributed by atoms with Crippen molar-refractivity contribution in [2.24, 2.45) is 0 Å². The highest BCUT2D eigenvalue weighted by molar-refractivity contribution is 6.31. The second-order valence-corrected chi connectivity index (χ2v) is 12.1. The first-order valence-electron chi connectivity index (χ1n) is 14.8. The first kappa shape index (κ1) is 27.6. The molecule has 5 nitrogen and oxygen atoms in total. The van der Waals surface area contributed by atoms with Gasteiger partial charge in [0.05, 0.1) is 5.52 Å². The first-order chi connectivity index (χ1) is 19.6. The molecular formula is C33H39Cl2N5. The summed E-state index contributed by atoms with van der Waals surface area (Å²) < 4.78 is 0. The molecule has 40 heavy (non-hydrogen) atoms. The number of anilines is 1. The zero-order chi connectivity index (χ0) is 27.5. The average molecular weight is 577 g/mol. The second-order valence-electron chi connectivity index (χ2n) is 11.2. The summed E-state index contributed by atoms with van der Waals surface area (Å²) in [5, 5.41) is 2.75. The molecule has 3 heterocycles. The Morgan fingerprint density at radius 1 is 0.800 bits per heavy atom. The number of rotatable bonds is 7. The fourth-order valence-corrected chi connectivity index (χ4v) is 6.85. The van der Waals surface area contributed by atoms with Crippen LogP contribution >= 0.6 is 23.2 Å². The average Bonchev–Trinajstić information content (AvgIpc) is 3.16. The fraction of sp³-hybridized carbons (Fsp3) is 0.424. The van der Waals surface area contributed by atoms with Gasteiger partial charge in [0.2, 0.25) is 0 Å². The van der Waals surface area contributed by atoms with E-state index in [4.69, 9.17) is 23.2 Å². The van der Waals surface area contributed by atoms with E-state index in [0.717, 1.165) is 74.3 Å². The maximum atomic E-state index is 6.39. The molecule has 2 saturated heterocycles. The quantitative estimate of drug-likeness (QED) is 0.309. The molecule has 0 bridgehead atoms. The van der Waals surface area contributed by atoms with E-state index in [1.54, 1.807) is 0 Å². The van der Waals surface area contributed by atoms with Gasteiger partial charge in [-0.05, 0) is 74.0 Å². The summed E-state index contributed by atoms with van der Waals surface area (Å²) in [7, 11) is 0. The molecule has 1 atom stereocenters. The molecule has 0 saturated carbocycles. The van der Waals surface area contributed by atoms with E-state index in [2.05, 4.69) is 74.0 Å². The summed E-state index contributed by atoms with van der Waals surface area (Å²) in [5.74, 6) is 0.425. The van der Waals surface area contributed by atoms with Crippen LogP contribution in [0.3, 0.4) is 0 Å². The SMILES string of the molecule is CCC1C=CC=C(N2CCN(CCCN3CCN(c4ccnc5cc(Cl)ccc45)CC3)CC2)c2ccc(Cl)cc21. The van der Waals surface area contributed by atoms with Crippen LogP contribution in [0.15, 0.2) is 66.9 Å². The van der Waals surface area contributed by atoms with E-state index >= 15 is 0 Å². The number of hydrogen-bond acceptors (Lipinski definition) is 5. The molecule has 210 valence electrons. The molecule has 0 N–H and O–H groups in total. The molecule has 2 fully saturated rings. The van der Waals surface area contributed by atoms with Gasteiger partial charge >= 0.3 is 0 Å². The van der Waals surface area contributed by atoms with Crippen LogP contribution in [0.5, 0.6) is 0 Å². The largest absolute Gasteiger partial charge is 0.368 e. The number of halogens is 2. The molecule has 6 rings (SSSR count). The van der Waals surface area contributed by atoms with Gasteiger partial charge in [-0.25, -0.2) is 0 Å². The number of benzene rings is 2. The van der Waals surface area contributed by atoms with Crippen molar-refractivity contribution in [1.29, 1.82) is 0 Å². The molecule has 7 heteroatoms. The Balaban J connectivity index is 0.971. The Morgan fingerprint density at radius 3 is 2.20 bits per heavy atom. The van der Waals surface area contributed by atoms with Crippen molar-refractivity contribution in [3.8, 4) is 0 Å². The van der Waals surface area contributed by atoms with Crippen molar-refractivity contribution in [2.75, 3.05) is 70.3 Å². The Morgan fingerprint density at radius 2 is 1.48 bits per heavy atom. The lowest BCUT2D eigenvalue weighted by molar-refractivity contribution is 0.162. The lowest BCUT2D eigenvalue weighted by Gasteiger charge is -2.39. The predicted octanol–water partition coefficient (Wildman–Crippen LogP) is 6.78. The number of fused-ring (bicyclic) bond motifs is 2. The van der Waals surface area contributed by atoms with Gasteiger partial charge in [0.15, 0.2) is 0 Å². The molecule has 0 spiro atoms. The van der Waals surface area contributed by atoms with Crippen molar-refractivity contribution >= 4 is 45.5 Å². The van der Waals surface area contributed by atoms with Crippen LogP contribution in [-0.2, 0) is 0 Å². The van der Waals surface area contributed by atoms with Crippen LogP contribution in [0.1, 0.15) is 36.8 Å². The molecule has 3 aromatic rings. The summed E-state index contributed by atoms with van der Waals surface area (Å²) in [4.78, 5) is 14.9. The summed E-state index contributed by atoms with van der Waals surface area (Å²) in [6.07, 6.45) is 11.1. The maximum absolute atomic E-state index is 6.39. The third kappa shape index (κ3) is 6.03. The van der Waals surface area contributed by atoms with Crippen LogP contribution in [0.2, 0.25) is 10.0 Å². The van der Waals surface area contributed by atoms with Crippen LogP contribution in [0.4, 0.5) is 5.69 Å². The molecule has 3 aliphatic rings. The Hall–Kier alpha value is -2.57. The zero-order valence-corrected chi connectivity index (χ0v) is 24.9. The number of pyridine rings is 1. The van der Waals surface area contributed by atoms with Crippen LogP contribution < -0.4 is 4.90 Å². The van der Waals surface area contributed by atoms with Gasteiger partial charge in [0.1, 0.15) is 0 Å². The standard InChI is InChI=1S/C33H39Cl2N5/c1-2-25-5-3-6-32(28-9-7-26(34)23-30(25)28)39-19-15-37(16-20-39)13-4-14-38-17-21-40(22-18-38)33-11-12-36-31-24-27(35)8-10-29(31)33/h3,5-12,23-25H,2,4,13-22H2,1H3. The number of nitrogens with zero attached hydrogens (tertiary/aromatic N) is 5. The van der Waals surface area contributed by atoms with Crippen molar-refractivity contribution in [3.63, 3.8) is 0 Å². The molecular weight excluding hydrogens is 537 g/mol. The first-order valence-corrected chi connectivity index (χ1v) is 15.5. The third-order valence-electron chi connectivity index (χ3n) is 8.78. The summed E-state index contributed by atoms with van der Waals surface area (Å²) in [5.41, 5.74) is 6.30. The Kier molecular flexibility index (Phi) is 8.64. The highest BCUT2D eigenvalue weighted by Gasteiger charge is 2.24. The summed E-state index contributed by atoms with van der Waals surface area (Å²) in [6.45, 7) is 13.3. The molecule has 1 aromatic heterocycles. The van der Waals surface area contributed by atoms with Crippen LogP contribution in [0.25, 0.3) is 16.6 Å². The molecule has 0 radical (unpaired) electrons. The van der Waals surface area contributed by atoms with Crippen LogP contribution in [-0.4, -0.2) is 85.1 Å². The van der Waals surface area contributed by atoms with Gasteiger partial charge in [-0.3, -0.25) is 14.8 Å². The minimum Gasteiger partial charge on any atom is -0.368 e. The van der Waals surface area contributed by atoms with Gasteiger partial charge in [-0.1, -0.05) is 48.3 Å². The number of allylic oxidation sites excluding steroid dienone is 3. The van der Waals surface area contributed by atoms with E-state index in [9.17, 15) is 0 Å². The van der Waals surface area contributed by atoms with Gasteiger partial charge < -0.3 is 9.80 Å². The summed E-state index contributed by atoms with van der Waals surface area (Å²) >= 11 is 12.6. The van der Waals surface area contributed by atoms with Crippen molar-refractivity contribution in [1.82, 2.24) is 19.7 Å². The maximum Gasteiger partial charge on any atom is 0.0737 e. The summed E-state index contributed by atoms with van der Waals surface area (Å²) in [6, 6.07) is 14.6. The van der Waals surface area contributed by atoms with Gasteiger partial charge in [-0.15, -0.1) is 0 Å². The minimum absolute atomic E-state index is 0.425. The van der Waals surface area contributed by atoms with E-state index in [1.165, 1.54) is 47.4 Å². The van der Waals surface area contributed by atoms with E-state index in [0.29, 0.717) is 5.92 Å². The number of aromatic nitrogens is 1. The van der Waals surface area contributed by atoms with Crippen molar-refractivity contribution in [3.05, 3.63) is 88.1 Å². The monoisotopic (exact) mass is 575 g/mol. The third-order valence-corrected chi connectivity index (χ3v) is 9.25. The van der Waals surface area contributed by atoms with Crippen molar-refractivity contribution in [2.45, 2.75) is 25.7 Å². The zero-order valence-electron chi connectivity index (χ0n) is 23.4. The fourth-order valence-electron chi connectivity index (χ4n) is 6.50. The minimum atomic E-state index is 0.425. The highest BCUT2D eigenvalue weighted by Crippen LogP contribution is 2.36. The smallest absolute Gasteiger partial charge is 0.0737 e. The second kappa shape index (κ2) is 12.5. The topological polar surface area (TPSA) is 25.9 Å². The highest BCUT2D eigenvalue weighted by atomic mass is 35.5. The van der Waals surface area contributed by atoms with Gasteiger partial charge in [-0.2, -0.15) is 0 Å². The van der Waals surface area contributed by atoms with E-state index < -0.39 is 0 Å². The molecule has 2 aromatic carbocycles. The van der Waals surface area contributed by atoms with Crippen molar-refractivity contribution < 1.29 is 0 Å². The van der Waals surface area contributed by atoms with E-state index in [1.807, 2.05) is 24.4 Å². The molecule has 0 amide bonds. The number of piperazine rings is 2. The van der Waals surface area contributed by atoms with Gasteiger partial charge in [0.25, 0.3) is 0 Å². The lowest BCUT2D eigenvalue weighted by Crippen LogP contribution is -2.48. The molecule has 1 unspecified atom stereocenters. The predicted molar refractivity (Wildman–Crippen MR) is 170 cm³/mol. The molecule has 2 aliphatic heterocycles.